The molecule has 0 bridgehead atoms. The first-order chi connectivity index (χ1) is 13.0. The number of sulfone groups is 1. The Morgan fingerprint density at radius 1 is 1.41 bits per heavy atom. The van der Waals surface area contributed by atoms with Crippen LogP contribution in [0.25, 0.3) is 22.4 Å². The first-order valence-corrected chi connectivity index (χ1v) is 10.8. The number of hydrogen-bond donors (Lipinski definition) is 1. The summed E-state index contributed by atoms with van der Waals surface area (Å²) in [4.78, 5) is 4.27. The van der Waals surface area contributed by atoms with E-state index in [1.165, 1.54) is 0 Å². The van der Waals surface area contributed by atoms with Gasteiger partial charge < -0.3 is 19.0 Å². The quantitative estimate of drug-likeness (QED) is 0.697. The second-order valence-corrected chi connectivity index (χ2v) is 9.17. The van der Waals surface area contributed by atoms with Gasteiger partial charge in [-0.25, -0.2) is 13.4 Å². The van der Waals surface area contributed by atoms with Crippen LogP contribution in [0.1, 0.15) is 12.0 Å². The number of nitrogens with one attached hydrogen (secondary N) is 1. The van der Waals surface area contributed by atoms with Crippen LogP contribution in [-0.2, 0) is 16.4 Å². The molecular formula is C19H23N3O4S. The van der Waals surface area contributed by atoms with E-state index in [2.05, 4.69) is 10.3 Å². The SMILES string of the molecule is COc1ccc2c(C)c(-c3cncn3CCNC3CCS(=O)(=O)C3)oc2c1. The van der Waals surface area contributed by atoms with Gasteiger partial charge in [-0.2, -0.15) is 0 Å². The van der Waals surface area contributed by atoms with E-state index in [1.807, 2.05) is 29.7 Å². The van der Waals surface area contributed by atoms with Gasteiger partial charge in [0.05, 0.1) is 31.1 Å². The number of aryl methyl sites for hydroxylation is 1. The van der Waals surface area contributed by atoms with Crippen LogP contribution in [0.2, 0.25) is 0 Å². The van der Waals surface area contributed by atoms with Gasteiger partial charge >= 0.3 is 0 Å². The molecule has 1 saturated heterocycles. The minimum Gasteiger partial charge on any atom is -0.497 e. The van der Waals surface area contributed by atoms with Crippen molar-refractivity contribution in [3.63, 3.8) is 0 Å². The molecular weight excluding hydrogens is 366 g/mol. The number of fused-ring (bicyclic) bond motifs is 1. The molecule has 1 N–H and O–H groups in total. The molecule has 7 nitrogen and oxygen atoms in total. The van der Waals surface area contributed by atoms with Crippen LogP contribution in [-0.4, -0.2) is 49.2 Å². The molecule has 0 spiro atoms. The van der Waals surface area contributed by atoms with Gasteiger partial charge in [0.2, 0.25) is 0 Å². The van der Waals surface area contributed by atoms with Crippen LogP contribution in [0.4, 0.5) is 0 Å². The molecule has 3 aromatic rings. The van der Waals surface area contributed by atoms with Crippen molar-refractivity contribution < 1.29 is 17.6 Å². The maximum absolute atomic E-state index is 11.6. The smallest absolute Gasteiger partial charge is 0.156 e. The summed E-state index contributed by atoms with van der Waals surface area (Å²) >= 11 is 0. The Hall–Kier alpha value is -2.32. The molecule has 1 aromatic carbocycles. The Bertz CT molecular complexity index is 1070. The first kappa shape index (κ1) is 18.1. The van der Waals surface area contributed by atoms with Crippen LogP contribution in [0, 0.1) is 6.92 Å². The van der Waals surface area contributed by atoms with Gasteiger partial charge in [-0.15, -0.1) is 0 Å². The van der Waals surface area contributed by atoms with Crippen molar-refractivity contribution >= 4 is 20.8 Å². The highest BCUT2D eigenvalue weighted by Gasteiger charge is 2.27. The average Bonchev–Trinajstić information content (AvgIpc) is 3.32. The molecule has 1 unspecified atom stereocenters. The van der Waals surface area contributed by atoms with Crippen molar-refractivity contribution in [3.05, 3.63) is 36.3 Å². The third-order valence-electron chi connectivity index (χ3n) is 5.11. The van der Waals surface area contributed by atoms with E-state index in [1.54, 1.807) is 19.6 Å². The Labute approximate surface area is 158 Å². The molecule has 1 atom stereocenters. The zero-order valence-corrected chi connectivity index (χ0v) is 16.3. The summed E-state index contributed by atoms with van der Waals surface area (Å²) in [5.41, 5.74) is 2.75. The largest absolute Gasteiger partial charge is 0.497 e. The Morgan fingerprint density at radius 3 is 3.00 bits per heavy atom. The fourth-order valence-corrected chi connectivity index (χ4v) is 5.32. The van der Waals surface area contributed by atoms with Gasteiger partial charge in [0.25, 0.3) is 0 Å². The van der Waals surface area contributed by atoms with E-state index in [9.17, 15) is 8.42 Å². The molecule has 1 aliphatic rings. The van der Waals surface area contributed by atoms with Gasteiger partial charge in [-0.3, -0.25) is 0 Å². The minimum atomic E-state index is -2.86. The molecule has 0 amide bonds. The van der Waals surface area contributed by atoms with Gasteiger partial charge in [-0.1, -0.05) is 0 Å². The summed E-state index contributed by atoms with van der Waals surface area (Å²) in [6, 6.07) is 5.85. The topological polar surface area (TPSA) is 86.4 Å². The molecule has 1 fully saturated rings. The van der Waals surface area contributed by atoms with E-state index >= 15 is 0 Å². The lowest BCUT2D eigenvalue weighted by Crippen LogP contribution is -2.32. The van der Waals surface area contributed by atoms with Gasteiger partial charge in [-0.05, 0) is 25.5 Å². The summed E-state index contributed by atoms with van der Waals surface area (Å²) in [7, 11) is -1.23. The number of methoxy groups -OCH3 is 1. The second-order valence-electron chi connectivity index (χ2n) is 6.94. The summed E-state index contributed by atoms with van der Waals surface area (Å²) in [6.45, 7) is 3.40. The Kier molecular flexibility index (Phi) is 4.69. The van der Waals surface area contributed by atoms with E-state index < -0.39 is 9.84 Å². The maximum atomic E-state index is 11.6. The van der Waals surface area contributed by atoms with E-state index in [4.69, 9.17) is 9.15 Å². The molecule has 0 radical (unpaired) electrons. The lowest BCUT2D eigenvalue weighted by Gasteiger charge is -2.12. The van der Waals surface area contributed by atoms with Crippen molar-refractivity contribution in [2.75, 3.05) is 25.2 Å². The number of hydrogen-bond acceptors (Lipinski definition) is 6. The zero-order valence-electron chi connectivity index (χ0n) is 15.4. The lowest BCUT2D eigenvalue weighted by atomic mass is 10.1. The predicted octanol–water partition coefficient (Wildman–Crippen LogP) is 2.39. The molecule has 3 heterocycles. The molecule has 8 heteroatoms. The number of aromatic nitrogens is 2. The normalized spacial score (nSPS) is 19.0. The van der Waals surface area contributed by atoms with E-state index in [-0.39, 0.29) is 17.5 Å². The number of imidazole rings is 1. The standard InChI is InChI=1S/C19H23N3O4S/c1-13-16-4-3-15(25-2)9-18(16)26-19(13)17-10-20-12-22(17)7-6-21-14-5-8-27(23,24)11-14/h3-4,9-10,12,14,21H,5-8,11H2,1-2H3. The summed E-state index contributed by atoms with van der Waals surface area (Å²) in [6.07, 6.45) is 4.25. The van der Waals surface area contributed by atoms with Gasteiger partial charge in [0.15, 0.2) is 15.6 Å². The van der Waals surface area contributed by atoms with Crippen molar-refractivity contribution in [1.82, 2.24) is 14.9 Å². The molecule has 27 heavy (non-hydrogen) atoms. The van der Waals surface area contributed by atoms with Gasteiger partial charge in [0.1, 0.15) is 17.0 Å². The fraction of sp³-hybridized carbons (Fsp3) is 0.421. The highest BCUT2D eigenvalue weighted by atomic mass is 32.2. The third-order valence-corrected chi connectivity index (χ3v) is 6.88. The fourth-order valence-electron chi connectivity index (χ4n) is 3.61. The Morgan fingerprint density at radius 2 is 2.26 bits per heavy atom. The maximum Gasteiger partial charge on any atom is 0.156 e. The number of rotatable bonds is 6. The second kappa shape index (κ2) is 7.01. The molecule has 2 aromatic heterocycles. The highest BCUT2D eigenvalue weighted by molar-refractivity contribution is 7.91. The first-order valence-electron chi connectivity index (χ1n) is 8.98. The summed E-state index contributed by atoms with van der Waals surface area (Å²) < 4.78 is 36.5. The summed E-state index contributed by atoms with van der Waals surface area (Å²) in [5.74, 6) is 2.06. The van der Waals surface area contributed by atoms with Crippen LogP contribution in [0.5, 0.6) is 5.75 Å². The van der Waals surface area contributed by atoms with E-state index in [0.717, 1.165) is 33.7 Å². The minimum absolute atomic E-state index is 0.0439. The summed E-state index contributed by atoms with van der Waals surface area (Å²) in [5, 5.41) is 4.38. The van der Waals surface area contributed by atoms with E-state index in [0.29, 0.717) is 19.5 Å². The average molecular weight is 389 g/mol. The van der Waals surface area contributed by atoms with Crippen LogP contribution in [0.3, 0.4) is 0 Å². The molecule has 144 valence electrons. The molecule has 4 rings (SSSR count). The molecule has 0 aliphatic carbocycles. The van der Waals surface area contributed by atoms with Crippen molar-refractivity contribution in [2.24, 2.45) is 0 Å². The van der Waals surface area contributed by atoms with Crippen LogP contribution < -0.4 is 10.1 Å². The van der Waals surface area contributed by atoms with Crippen molar-refractivity contribution in [3.8, 4) is 17.2 Å². The number of ether oxygens (including phenoxy) is 1. The molecule has 0 saturated carbocycles. The number of benzene rings is 1. The van der Waals surface area contributed by atoms with Crippen LogP contribution >= 0.6 is 0 Å². The lowest BCUT2D eigenvalue weighted by molar-refractivity contribution is 0.414. The number of furan rings is 1. The van der Waals surface area contributed by atoms with Crippen LogP contribution in [0.15, 0.2) is 35.1 Å². The third kappa shape index (κ3) is 3.59. The monoisotopic (exact) mass is 389 g/mol. The van der Waals surface area contributed by atoms with Crippen molar-refractivity contribution in [1.29, 1.82) is 0 Å². The number of nitrogens with zero attached hydrogens (tertiary/aromatic N) is 2. The zero-order chi connectivity index (χ0) is 19.0. The Balaban J connectivity index is 1.52. The molecule has 1 aliphatic heterocycles. The van der Waals surface area contributed by atoms with Gasteiger partial charge in [0, 0.05) is 36.1 Å². The predicted molar refractivity (Wildman–Crippen MR) is 104 cm³/mol. The highest BCUT2D eigenvalue weighted by Crippen LogP contribution is 2.34. The van der Waals surface area contributed by atoms with Crippen molar-refractivity contribution in [2.45, 2.75) is 25.9 Å².